The summed E-state index contributed by atoms with van der Waals surface area (Å²) in [7, 11) is 0. The fourth-order valence-electron chi connectivity index (χ4n) is 3.05. The molecule has 2 aromatic rings. The Labute approximate surface area is 163 Å². The van der Waals surface area contributed by atoms with Gasteiger partial charge in [-0.1, -0.05) is 30.5 Å². The lowest BCUT2D eigenvalue weighted by molar-refractivity contribution is -0.118. The van der Waals surface area contributed by atoms with E-state index in [1.165, 1.54) is 38.0 Å². The Balaban J connectivity index is 1.53. The number of likely N-dealkylation sites (tertiary alicyclic amines) is 1. The lowest BCUT2D eigenvalue weighted by atomic mass is 10.2. The predicted molar refractivity (Wildman–Crippen MR) is 104 cm³/mol. The summed E-state index contributed by atoms with van der Waals surface area (Å²) < 4.78 is 10.8. The van der Waals surface area contributed by atoms with Gasteiger partial charge in [0.15, 0.2) is 6.61 Å². The number of hydrogen-bond acceptors (Lipinski definition) is 5. The molecule has 27 heavy (non-hydrogen) atoms. The third-order valence-corrected chi connectivity index (χ3v) is 4.63. The lowest BCUT2D eigenvalue weighted by Crippen LogP contribution is -2.25. The van der Waals surface area contributed by atoms with Gasteiger partial charge in [-0.2, -0.15) is 0 Å². The van der Waals surface area contributed by atoms with Gasteiger partial charge in [-0.3, -0.25) is 14.5 Å². The molecule has 1 fully saturated rings. The topological polar surface area (TPSA) is 71.8 Å². The van der Waals surface area contributed by atoms with Crippen molar-refractivity contribution in [3.63, 3.8) is 0 Å². The number of rotatable bonds is 6. The van der Waals surface area contributed by atoms with Crippen LogP contribution in [0.3, 0.4) is 0 Å². The molecule has 0 aliphatic carbocycles. The quantitative estimate of drug-likeness (QED) is 0.814. The van der Waals surface area contributed by atoms with Gasteiger partial charge in [0.05, 0.1) is 6.54 Å². The van der Waals surface area contributed by atoms with Gasteiger partial charge in [-0.05, 0) is 44.1 Å². The van der Waals surface area contributed by atoms with Crippen molar-refractivity contribution in [1.29, 1.82) is 0 Å². The van der Waals surface area contributed by atoms with Gasteiger partial charge in [0.1, 0.15) is 12.0 Å². The maximum atomic E-state index is 12.2. The van der Waals surface area contributed by atoms with E-state index in [0.29, 0.717) is 23.0 Å². The molecule has 1 saturated heterocycles. The molecule has 3 rings (SSSR count). The number of benzene rings is 1. The fourth-order valence-corrected chi connectivity index (χ4v) is 3.24. The fraction of sp³-hybridized carbons (Fsp3) is 0.400. The molecule has 7 heteroatoms. The van der Waals surface area contributed by atoms with Crippen molar-refractivity contribution in [3.05, 3.63) is 57.6 Å². The highest BCUT2D eigenvalue weighted by Gasteiger charge is 2.13. The number of ether oxygens (including phenoxy) is 1. The van der Waals surface area contributed by atoms with E-state index in [-0.39, 0.29) is 23.7 Å². The SMILES string of the molecule is O=C(COc1coc(CN2CCCCCC2)cc1=O)Nc1cccc(Cl)c1. The molecule has 6 nitrogen and oxygen atoms in total. The molecule has 0 unspecified atom stereocenters. The van der Waals surface area contributed by atoms with Crippen LogP contribution in [0.5, 0.6) is 5.75 Å². The van der Waals surface area contributed by atoms with Crippen LogP contribution in [0, 0.1) is 0 Å². The molecular formula is C20H23ClN2O4. The number of halogens is 1. The highest BCUT2D eigenvalue weighted by Crippen LogP contribution is 2.16. The third kappa shape index (κ3) is 6.12. The number of amides is 1. The van der Waals surface area contributed by atoms with Crippen LogP contribution < -0.4 is 15.5 Å². The van der Waals surface area contributed by atoms with Gasteiger partial charge >= 0.3 is 0 Å². The molecule has 1 amide bonds. The number of carbonyl (C=O) groups is 1. The van der Waals surface area contributed by atoms with Gasteiger partial charge in [0, 0.05) is 16.8 Å². The van der Waals surface area contributed by atoms with Crippen LogP contribution in [-0.2, 0) is 11.3 Å². The van der Waals surface area contributed by atoms with Crippen LogP contribution in [0.4, 0.5) is 5.69 Å². The molecule has 1 N–H and O–H groups in total. The van der Waals surface area contributed by atoms with E-state index in [4.69, 9.17) is 20.8 Å². The smallest absolute Gasteiger partial charge is 0.262 e. The zero-order valence-electron chi connectivity index (χ0n) is 15.1. The lowest BCUT2D eigenvalue weighted by Gasteiger charge is -2.18. The first-order valence-corrected chi connectivity index (χ1v) is 9.50. The van der Waals surface area contributed by atoms with Crippen molar-refractivity contribution in [1.82, 2.24) is 4.90 Å². The first kappa shape index (κ1) is 19.5. The van der Waals surface area contributed by atoms with E-state index in [9.17, 15) is 9.59 Å². The molecular weight excluding hydrogens is 368 g/mol. The summed E-state index contributed by atoms with van der Waals surface area (Å²) in [5.41, 5.74) is 0.276. The number of nitrogens with zero attached hydrogens (tertiary/aromatic N) is 1. The minimum absolute atomic E-state index is 0.0239. The first-order valence-electron chi connectivity index (χ1n) is 9.12. The average Bonchev–Trinajstić information content (AvgIpc) is 2.90. The van der Waals surface area contributed by atoms with Crippen LogP contribution >= 0.6 is 11.6 Å². The predicted octanol–water partition coefficient (Wildman–Crippen LogP) is 3.69. The van der Waals surface area contributed by atoms with E-state index in [1.807, 2.05) is 0 Å². The number of anilines is 1. The summed E-state index contributed by atoms with van der Waals surface area (Å²) in [6, 6.07) is 8.24. The van der Waals surface area contributed by atoms with Crippen LogP contribution in [0.2, 0.25) is 5.02 Å². The molecule has 0 spiro atoms. The molecule has 1 aliphatic rings. The minimum Gasteiger partial charge on any atom is -0.477 e. The monoisotopic (exact) mass is 390 g/mol. The first-order chi connectivity index (χ1) is 13.1. The Bertz CT molecular complexity index is 829. The van der Waals surface area contributed by atoms with Gasteiger partial charge in [0.2, 0.25) is 11.2 Å². The van der Waals surface area contributed by atoms with Crippen molar-refractivity contribution >= 4 is 23.2 Å². The maximum Gasteiger partial charge on any atom is 0.262 e. The maximum absolute atomic E-state index is 12.2. The van der Waals surface area contributed by atoms with E-state index in [2.05, 4.69) is 10.2 Å². The van der Waals surface area contributed by atoms with Crippen molar-refractivity contribution in [3.8, 4) is 5.75 Å². The molecule has 1 aromatic carbocycles. The molecule has 2 heterocycles. The van der Waals surface area contributed by atoms with Gasteiger partial charge in [-0.25, -0.2) is 0 Å². The van der Waals surface area contributed by atoms with E-state index in [1.54, 1.807) is 24.3 Å². The summed E-state index contributed by atoms with van der Waals surface area (Å²) >= 11 is 5.88. The number of nitrogens with one attached hydrogen (secondary N) is 1. The van der Waals surface area contributed by atoms with Crippen molar-refractivity contribution in [2.75, 3.05) is 25.0 Å². The van der Waals surface area contributed by atoms with E-state index in [0.717, 1.165) is 13.1 Å². The second kappa shape index (κ2) is 9.58. The highest BCUT2D eigenvalue weighted by atomic mass is 35.5. The molecule has 144 valence electrons. The Kier molecular flexibility index (Phi) is 6.90. The molecule has 1 aliphatic heterocycles. The second-order valence-corrected chi connectivity index (χ2v) is 7.05. The van der Waals surface area contributed by atoms with Crippen molar-refractivity contribution < 1.29 is 13.9 Å². The summed E-state index contributed by atoms with van der Waals surface area (Å²) in [6.07, 6.45) is 6.14. The molecule has 0 radical (unpaired) electrons. The normalized spacial score (nSPS) is 15.1. The molecule has 1 aromatic heterocycles. The average molecular weight is 391 g/mol. The van der Waals surface area contributed by atoms with Crippen LogP contribution in [-0.4, -0.2) is 30.5 Å². The number of carbonyl (C=O) groups excluding carboxylic acids is 1. The summed E-state index contributed by atoms with van der Waals surface area (Å²) in [5, 5.41) is 3.18. The molecule has 0 atom stereocenters. The third-order valence-electron chi connectivity index (χ3n) is 4.40. The number of hydrogen-bond donors (Lipinski definition) is 1. The summed E-state index contributed by atoms with van der Waals surface area (Å²) in [4.78, 5) is 26.5. The summed E-state index contributed by atoms with van der Waals surface area (Å²) in [6.45, 7) is 2.37. The standard InChI is InChI=1S/C20H23ClN2O4/c21-15-6-5-7-16(10-15)22-20(25)14-27-19-13-26-17(11-18(19)24)12-23-8-3-1-2-4-9-23/h5-7,10-11,13H,1-4,8-9,12,14H2,(H,22,25). The van der Waals surface area contributed by atoms with Crippen LogP contribution in [0.1, 0.15) is 31.4 Å². The largest absolute Gasteiger partial charge is 0.477 e. The van der Waals surface area contributed by atoms with Crippen LogP contribution in [0.25, 0.3) is 0 Å². The van der Waals surface area contributed by atoms with E-state index < -0.39 is 0 Å². The Morgan fingerprint density at radius 1 is 1.19 bits per heavy atom. The van der Waals surface area contributed by atoms with Gasteiger partial charge in [-0.15, -0.1) is 0 Å². The van der Waals surface area contributed by atoms with Gasteiger partial charge in [0.25, 0.3) is 5.91 Å². The van der Waals surface area contributed by atoms with Gasteiger partial charge < -0.3 is 14.5 Å². The Morgan fingerprint density at radius 3 is 2.67 bits per heavy atom. The van der Waals surface area contributed by atoms with Crippen LogP contribution in [0.15, 0.2) is 45.8 Å². The Hall–Kier alpha value is -2.31. The zero-order valence-corrected chi connectivity index (χ0v) is 15.8. The van der Waals surface area contributed by atoms with Crippen molar-refractivity contribution in [2.45, 2.75) is 32.2 Å². The summed E-state index contributed by atoms with van der Waals surface area (Å²) in [5.74, 6) is 0.249. The second-order valence-electron chi connectivity index (χ2n) is 6.61. The zero-order chi connectivity index (χ0) is 19.1. The van der Waals surface area contributed by atoms with E-state index >= 15 is 0 Å². The van der Waals surface area contributed by atoms with Crippen molar-refractivity contribution in [2.24, 2.45) is 0 Å². The molecule has 0 bridgehead atoms. The molecule has 0 saturated carbocycles. The Morgan fingerprint density at radius 2 is 1.96 bits per heavy atom. The highest BCUT2D eigenvalue weighted by molar-refractivity contribution is 6.30. The minimum atomic E-state index is -0.384.